The summed E-state index contributed by atoms with van der Waals surface area (Å²) in [6, 6.07) is 7.03. The van der Waals surface area contributed by atoms with Crippen LogP contribution in [0.25, 0.3) is 0 Å². The Morgan fingerprint density at radius 2 is 2.04 bits per heavy atom. The third kappa shape index (κ3) is 3.66. The Hall–Kier alpha value is -3.05. The van der Waals surface area contributed by atoms with E-state index >= 15 is 0 Å². The van der Waals surface area contributed by atoms with Gasteiger partial charge in [0.25, 0.3) is 0 Å². The summed E-state index contributed by atoms with van der Waals surface area (Å²) in [4.78, 5) is 22.2. The molecule has 1 saturated heterocycles. The van der Waals surface area contributed by atoms with E-state index in [0.29, 0.717) is 37.1 Å². The Kier molecular flexibility index (Phi) is 4.92. The Morgan fingerprint density at radius 1 is 1.21 bits per heavy atom. The van der Waals surface area contributed by atoms with E-state index in [2.05, 4.69) is 10.3 Å². The van der Waals surface area contributed by atoms with E-state index in [1.165, 1.54) is 23.3 Å². The molecule has 6 nitrogen and oxygen atoms in total. The lowest BCUT2D eigenvalue weighted by molar-refractivity contribution is -0.184. The van der Waals surface area contributed by atoms with Crippen LogP contribution >= 0.6 is 0 Å². The van der Waals surface area contributed by atoms with Gasteiger partial charge in [0.1, 0.15) is 11.6 Å². The number of carbonyl (C=O) groups excluding carboxylic acids is 1. The van der Waals surface area contributed by atoms with Crippen molar-refractivity contribution in [3.63, 3.8) is 0 Å². The number of nitriles is 1. The molecule has 0 bridgehead atoms. The van der Waals surface area contributed by atoms with Crippen molar-refractivity contribution < 1.29 is 18.4 Å². The average Bonchev–Trinajstić information content (AvgIpc) is 3.13. The lowest BCUT2D eigenvalue weighted by Gasteiger charge is -2.38. The predicted octanol–water partition coefficient (Wildman–Crippen LogP) is 3.33. The zero-order chi connectivity index (χ0) is 19.7. The highest BCUT2D eigenvalue weighted by atomic mass is 19.1. The number of benzene rings is 1. The van der Waals surface area contributed by atoms with E-state index in [-0.39, 0.29) is 29.5 Å². The monoisotopic (exact) mass is 384 g/mol. The maximum atomic E-state index is 13.5. The van der Waals surface area contributed by atoms with Gasteiger partial charge in [-0.25, -0.2) is 13.8 Å². The second-order valence-electron chi connectivity index (χ2n) is 7.09. The number of hydrogen-bond acceptors (Lipinski definition) is 5. The van der Waals surface area contributed by atoms with Gasteiger partial charge in [-0.1, -0.05) is 0 Å². The van der Waals surface area contributed by atoms with Crippen molar-refractivity contribution in [1.82, 2.24) is 10.0 Å². The molecule has 1 atom stereocenters. The van der Waals surface area contributed by atoms with Crippen LogP contribution in [0.4, 0.5) is 14.5 Å². The van der Waals surface area contributed by atoms with Crippen LogP contribution in [0.15, 0.2) is 36.7 Å². The minimum atomic E-state index is -0.481. The number of aromatic nitrogens is 1. The first-order valence-corrected chi connectivity index (χ1v) is 9.07. The van der Waals surface area contributed by atoms with Gasteiger partial charge in [-0.3, -0.25) is 14.6 Å². The third-order valence-electron chi connectivity index (χ3n) is 5.12. The molecule has 0 spiro atoms. The van der Waals surface area contributed by atoms with Crippen LogP contribution in [-0.2, 0) is 9.63 Å². The van der Waals surface area contributed by atoms with Crippen molar-refractivity contribution in [1.29, 1.82) is 5.26 Å². The number of nitrogens with zero attached hydrogens (tertiary/aromatic N) is 3. The summed E-state index contributed by atoms with van der Waals surface area (Å²) >= 11 is 0. The topological polar surface area (TPSA) is 78.2 Å². The lowest BCUT2D eigenvalue weighted by Crippen LogP contribution is -2.45. The first-order chi connectivity index (χ1) is 13.5. The number of hydroxylamine groups is 2. The number of carbonyl (C=O) groups is 1. The zero-order valence-corrected chi connectivity index (χ0v) is 14.9. The number of amides is 1. The fraction of sp³-hybridized carbons (Fsp3) is 0.350. The molecule has 1 aromatic carbocycles. The van der Waals surface area contributed by atoms with Crippen molar-refractivity contribution in [3.05, 3.63) is 59.4 Å². The fourth-order valence-corrected chi connectivity index (χ4v) is 3.69. The number of halogens is 2. The van der Waals surface area contributed by atoms with Crippen molar-refractivity contribution >= 4 is 11.6 Å². The second-order valence-corrected chi connectivity index (χ2v) is 7.09. The van der Waals surface area contributed by atoms with Crippen LogP contribution in [0.2, 0.25) is 0 Å². The minimum Gasteiger partial charge on any atom is -0.382 e. The van der Waals surface area contributed by atoms with Crippen LogP contribution in [0.3, 0.4) is 0 Å². The van der Waals surface area contributed by atoms with E-state index in [1.54, 1.807) is 12.3 Å². The highest BCUT2D eigenvalue weighted by molar-refractivity contribution is 5.80. The van der Waals surface area contributed by atoms with Gasteiger partial charge in [0, 0.05) is 30.3 Å². The smallest absolute Gasteiger partial charge is 0.249 e. The highest BCUT2D eigenvalue weighted by Gasteiger charge is 2.41. The minimum absolute atomic E-state index is 0.0131. The molecule has 2 aromatic rings. The first-order valence-electron chi connectivity index (χ1n) is 9.07. The summed E-state index contributed by atoms with van der Waals surface area (Å²) in [7, 11) is 0. The zero-order valence-electron chi connectivity index (χ0n) is 14.9. The number of pyridine rings is 1. The van der Waals surface area contributed by atoms with Crippen LogP contribution in [0, 0.1) is 28.9 Å². The molecule has 1 aromatic heterocycles. The summed E-state index contributed by atoms with van der Waals surface area (Å²) in [5.74, 6) is -1.28. The molecule has 2 aliphatic rings. The van der Waals surface area contributed by atoms with Gasteiger partial charge in [-0.2, -0.15) is 5.26 Å². The van der Waals surface area contributed by atoms with Gasteiger partial charge in [-0.05, 0) is 42.7 Å². The maximum absolute atomic E-state index is 13.5. The van der Waals surface area contributed by atoms with E-state index in [0.717, 1.165) is 6.20 Å². The highest BCUT2D eigenvalue weighted by Crippen LogP contribution is 2.37. The van der Waals surface area contributed by atoms with Crippen LogP contribution in [0.1, 0.15) is 36.4 Å². The summed E-state index contributed by atoms with van der Waals surface area (Å²) in [6.07, 6.45) is 4.41. The number of rotatable bonds is 4. The van der Waals surface area contributed by atoms with Crippen LogP contribution in [0.5, 0.6) is 0 Å². The maximum Gasteiger partial charge on any atom is 0.249 e. The molecule has 1 aliphatic carbocycles. The fourth-order valence-electron chi connectivity index (χ4n) is 3.69. The summed E-state index contributed by atoms with van der Waals surface area (Å²) in [6.45, 7) is 0.390. The molecular weight excluding hydrogens is 366 g/mol. The predicted molar refractivity (Wildman–Crippen MR) is 95.6 cm³/mol. The Balaban J connectivity index is 1.37. The molecular formula is C20H18F2N4O2. The van der Waals surface area contributed by atoms with E-state index < -0.39 is 11.6 Å². The lowest BCUT2D eigenvalue weighted by atomic mass is 9.79. The van der Waals surface area contributed by atoms with Crippen LogP contribution < -0.4 is 5.32 Å². The summed E-state index contributed by atoms with van der Waals surface area (Å²) < 4.78 is 27.0. The van der Waals surface area contributed by atoms with E-state index in [1.807, 2.05) is 6.07 Å². The SMILES string of the molecule is N#Cc1cc(F)cc(N[C@H]2C[C@@H](C(=O)N3OCC[C@H]3c3cncc(F)c3)C2)c1. The largest absolute Gasteiger partial charge is 0.382 e. The Bertz CT molecular complexity index is 940. The molecule has 1 saturated carbocycles. The van der Waals surface area contributed by atoms with Crippen LogP contribution in [-0.4, -0.2) is 28.6 Å². The molecule has 28 heavy (non-hydrogen) atoms. The van der Waals surface area contributed by atoms with Gasteiger partial charge < -0.3 is 5.32 Å². The number of nitrogens with one attached hydrogen (secondary N) is 1. The Morgan fingerprint density at radius 3 is 2.79 bits per heavy atom. The van der Waals surface area contributed by atoms with Gasteiger partial charge in [0.15, 0.2) is 0 Å². The molecule has 144 valence electrons. The van der Waals surface area contributed by atoms with Crippen molar-refractivity contribution in [3.8, 4) is 6.07 Å². The van der Waals surface area contributed by atoms with Gasteiger partial charge >= 0.3 is 0 Å². The summed E-state index contributed by atoms with van der Waals surface area (Å²) in [5, 5.41) is 13.4. The molecule has 2 heterocycles. The first kappa shape index (κ1) is 18.3. The standard InChI is InChI=1S/C20H18F2N4O2/c21-15-3-12(9-23)4-17(8-15)25-18-6-13(7-18)20(27)26-19(1-2-28-26)14-5-16(22)11-24-10-14/h3-5,8,10-11,13,18-19,25H,1-2,6-7H2/t13-,18+,19-/m0/s1. The quantitative estimate of drug-likeness (QED) is 0.875. The van der Waals surface area contributed by atoms with Gasteiger partial charge in [0.2, 0.25) is 5.91 Å². The molecule has 1 N–H and O–H groups in total. The van der Waals surface area contributed by atoms with Crippen molar-refractivity contribution in [2.75, 3.05) is 11.9 Å². The van der Waals surface area contributed by atoms with Gasteiger partial charge in [-0.15, -0.1) is 0 Å². The number of anilines is 1. The average molecular weight is 384 g/mol. The molecule has 0 radical (unpaired) electrons. The molecule has 2 fully saturated rings. The molecule has 0 unspecified atom stereocenters. The summed E-state index contributed by atoms with van der Waals surface area (Å²) in [5.41, 5.74) is 1.38. The van der Waals surface area contributed by atoms with Gasteiger partial charge in [0.05, 0.1) is 30.5 Å². The molecule has 1 aliphatic heterocycles. The molecule has 4 rings (SSSR count). The van der Waals surface area contributed by atoms with E-state index in [9.17, 15) is 13.6 Å². The Labute approximate surface area is 160 Å². The normalized spacial score (nSPS) is 23.8. The third-order valence-corrected chi connectivity index (χ3v) is 5.12. The second kappa shape index (κ2) is 7.52. The molecule has 1 amide bonds. The number of hydrogen-bond donors (Lipinski definition) is 1. The van der Waals surface area contributed by atoms with E-state index in [4.69, 9.17) is 10.1 Å². The van der Waals surface area contributed by atoms with Crippen molar-refractivity contribution in [2.24, 2.45) is 5.92 Å². The van der Waals surface area contributed by atoms with Crippen molar-refractivity contribution in [2.45, 2.75) is 31.3 Å². The molecule has 8 heteroatoms.